The van der Waals surface area contributed by atoms with Gasteiger partial charge in [0.15, 0.2) is 0 Å². The second-order valence-corrected chi connectivity index (χ2v) is 6.89. The van der Waals surface area contributed by atoms with Crippen molar-refractivity contribution in [3.63, 3.8) is 0 Å². The van der Waals surface area contributed by atoms with Crippen LogP contribution in [0.5, 0.6) is 0 Å². The molecule has 0 aliphatic carbocycles. The summed E-state index contributed by atoms with van der Waals surface area (Å²) in [6, 6.07) is 19.5. The highest BCUT2D eigenvalue weighted by atomic mass is 19.1. The minimum atomic E-state index is -0.301. The quantitative estimate of drug-likeness (QED) is 0.509. The standard InChI is InChI=1S/C23H22FN5O/c1-17-21(16-26-23(30)25-15-18-9-11-19(24)12-10-18)22(28-13-5-6-14-28)29(27-17)20-7-3-2-4-8-20/h2-14H,15-16H2,1H3,(H2,25,26,30). The monoisotopic (exact) mass is 403 g/mol. The summed E-state index contributed by atoms with van der Waals surface area (Å²) in [7, 11) is 0. The minimum absolute atomic E-state index is 0.299. The van der Waals surface area contributed by atoms with Gasteiger partial charge in [0, 0.05) is 24.5 Å². The zero-order chi connectivity index (χ0) is 20.9. The van der Waals surface area contributed by atoms with Crippen LogP contribution in [0.2, 0.25) is 0 Å². The summed E-state index contributed by atoms with van der Waals surface area (Å²) in [6.07, 6.45) is 3.90. The SMILES string of the molecule is Cc1nn(-c2ccccc2)c(-n2cccc2)c1CNC(=O)NCc1ccc(F)cc1. The topological polar surface area (TPSA) is 63.9 Å². The average Bonchev–Trinajstić information content (AvgIpc) is 3.40. The van der Waals surface area contributed by atoms with Crippen LogP contribution in [0.1, 0.15) is 16.8 Å². The van der Waals surface area contributed by atoms with Gasteiger partial charge < -0.3 is 15.2 Å². The molecule has 0 atom stereocenters. The Balaban J connectivity index is 1.52. The molecular formula is C23H22FN5O. The number of hydrogen-bond acceptors (Lipinski definition) is 2. The molecular weight excluding hydrogens is 381 g/mol. The van der Waals surface area contributed by atoms with Gasteiger partial charge >= 0.3 is 6.03 Å². The highest BCUT2D eigenvalue weighted by molar-refractivity contribution is 5.74. The highest BCUT2D eigenvalue weighted by Crippen LogP contribution is 2.22. The van der Waals surface area contributed by atoms with E-state index in [1.807, 2.05) is 71.0 Å². The van der Waals surface area contributed by atoms with E-state index in [-0.39, 0.29) is 11.8 Å². The molecule has 0 aliphatic heterocycles. The molecule has 6 nitrogen and oxygen atoms in total. The van der Waals surface area contributed by atoms with E-state index < -0.39 is 0 Å². The Morgan fingerprint density at radius 1 is 0.933 bits per heavy atom. The lowest BCUT2D eigenvalue weighted by Gasteiger charge is -2.12. The van der Waals surface area contributed by atoms with Gasteiger partial charge in [-0.3, -0.25) is 0 Å². The molecule has 0 radical (unpaired) electrons. The van der Waals surface area contributed by atoms with Crippen LogP contribution in [-0.4, -0.2) is 20.4 Å². The molecule has 152 valence electrons. The minimum Gasteiger partial charge on any atom is -0.334 e. The number of nitrogens with zero attached hydrogens (tertiary/aromatic N) is 3. The molecule has 0 aliphatic rings. The van der Waals surface area contributed by atoms with Crippen molar-refractivity contribution in [1.29, 1.82) is 0 Å². The Morgan fingerprint density at radius 2 is 1.60 bits per heavy atom. The number of benzene rings is 2. The fourth-order valence-electron chi connectivity index (χ4n) is 3.26. The lowest BCUT2D eigenvalue weighted by Crippen LogP contribution is -2.34. The maximum Gasteiger partial charge on any atom is 0.315 e. The molecule has 2 N–H and O–H groups in total. The summed E-state index contributed by atoms with van der Waals surface area (Å²) in [6.45, 7) is 2.57. The molecule has 4 aromatic rings. The van der Waals surface area contributed by atoms with Crippen molar-refractivity contribution >= 4 is 6.03 Å². The fraction of sp³-hybridized carbons (Fsp3) is 0.130. The number of halogens is 1. The van der Waals surface area contributed by atoms with Gasteiger partial charge in [0.25, 0.3) is 0 Å². The molecule has 0 spiro atoms. The molecule has 30 heavy (non-hydrogen) atoms. The second kappa shape index (κ2) is 8.65. The van der Waals surface area contributed by atoms with Crippen LogP contribution in [0, 0.1) is 12.7 Å². The molecule has 2 aromatic heterocycles. The summed E-state index contributed by atoms with van der Waals surface area (Å²) in [5.41, 5.74) is 3.53. The van der Waals surface area contributed by atoms with Crippen molar-refractivity contribution in [2.45, 2.75) is 20.0 Å². The Morgan fingerprint density at radius 3 is 2.30 bits per heavy atom. The number of aromatic nitrogens is 3. The largest absolute Gasteiger partial charge is 0.334 e. The molecule has 2 heterocycles. The normalized spacial score (nSPS) is 10.7. The maximum absolute atomic E-state index is 13.0. The average molecular weight is 403 g/mol. The maximum atomic E-state index is 13.0. The van der Waals surface area contributed by atoms with E-state index >= 15 is 0 Å². The molecule has 0 unspecified atom stereocenters. The van der Waals surface area contributed by atoms with E-state index in [0.717, 1.165) is 28.3 Å². The van der Waals surface area contributed by atoms with Crippen LogP contribution in [0.15, 0.2) is 79.1 Å². The molecule has 2 amide bonds. The van der Waals surface area contributed by atoms with Crippen LogP contribution in [0.25, 0.3) is 11.5 Å². The summed E-state index contributed by atoms with van der Waals surface area (Å²) in [5.74, 6) is 0.578. The zero-order valence-corrected chi connectivity index (χ0v) is 16.5. The van der Waals surface area contributed by atoms with Gasteiger partial charge in [-0.25, -0.2) is 13.9 Å². The second-order valence-electron chi connectivity index (χ2n) is 6.89. The van der Waals surface area contributed by atoms with E-state index in [2.05, 4.69) is 10.6 Å². The lowest BCUT2D eigenvalue weighted by molar-refractivity contribution is 0.240. The third-order valence-corrected chi connectivity index (χ3v) is 4.80. The van der Waals surface area contributed by atoms with Crippen LogP contribution in [0.3, 0.4) is 0 Å². The lowest BCUT2D eigenvalue weighted by atomic mass is 10.2. The van der Waals surface area contributed by atoms with E-state index in [9.17, 15) is 9.18 Å². The molecule has 0 bridgehead atoms. The number of carbonyl (C=O) groups excluding carboxylic acids is 1. The number of rotatable bonds is 6. The van der Waals surface area contributed by atoms with Crippen molar-refractivity contribution in [1.82, 2.24) is 25.0 Å². The molecule has 0 saturated carbocycles. The fourth-order valence-corrected chi connectivity index (χ4v) is 3.26. The van der Waals surface area contributed by atoms with Gasteiger partial charge in [0.05, 0.1) is 17.9 Å². The number of amides is 2. The van der Waals surface area contributed by atoms with E-state index in [0.29, 0.717) is 13.1 Å². The molecule has 7 heteroatoms. The van der Waals surface area contributed by atoms with Gasteiger partial charge in [-0.1, -0.05) is 30.3 Å². The molecule has 4 rings (SSSR count). The van der Waals surface area contributed by atoms with Crippen LogP contribution >= 0.6 is 0 Å². The van der Waals surface area contributed by atoms with Crippen molar-refractivity contribution < 1.29 is 9.18 Å². The molecule has 2 aromatic carbocycles. The number of nitrogens with one attached hydrogen (secondary N) is 2. The molecule has 0 fully saturated rings. The first-order valence-electron chi connectivity index (χ1n) is 9.65. The van der Waals surface area contributed by atoms with Gasteiger partial charge in [-0.15, -0.1) is 0 Å². The summed E-state index contributed by atoms with van der Waals surface area (Å²) in [5, 5.41) is 10.4. The van der Waals surface area contributed by atoms with Gasteiger partial charge in [-0.2, -0.15) is 5.10 Å². The van der Waals surface area contributed by atoms with Gasteiger partial charge in [-0.05, 0) is 48.9 Å². The first-order chi connectivity index (χ1) is 14.6. The van der Waals surface area contributed by atoms with E-state index in [1.54, 1.807) is 12.1 Å². The smallest absolute Gasteiger partial charge is 0.315 e. The Bertz CT molecular complexity index is 1120. The van der Waals surface area contributed by atoms with Crippen LogP contribution < -0.4 is 10.6 Å². The number of carbonyl (C=O) groups is 1. The van der Waals surface area contributed by atoms with Crippen LogP contribution in [-0.2, 0) is 13.1 Å². The number of urea groups is 1. The first kappa shape index (κ1) is 19.4. The Kier molecular flexibility index (Phi) is 5.61. The Labute approximate surface area is 174 Å². The van der Waals surface area contributed by atoms with Crippen molar-refractivity contribution in [3.8, 4) is 11.5 Å². The van der Waals surface area contributed by atoms with Crippen molar-refractivity contribution in [2.75, 3.05) is 0 Å². The summed E-state index contributed by atoms with van der Waals surface area (Å²) in [4.78, 5) is 12.3. The first-order valence-corrected chi connectivity index (χ1v) is 9.65. The van der Waals surface area contributed by atoms with Crippen molar-refractivity contribution in [2.24, 2.45) is 0 Å². The zero-order valence-electron chi connectivity index (χ0n) is 16.5. The Hall–Kier alpha value is -3.87. The molecule has 0 saturated heterocycles. The number of hydrogen-bond donors (Lipinski definition) is 2. The van der Waals surface area contributed by atoms with E-state index in [4.69, 9.17) is 5.10 Å². The van der Waals surface area contributed by atoms with E-state index in [1.165, 1.54) is 12.1 Å². The van der Waals surface area contributed by atoms with Gasteiger partial charge in [0.1, 0.15) is 11.6 Å². The third-order valence-electron chi connectivity index (χ3n) is 4.80. The number of para-hydroxylation sites is 1. The summed E-state index contributed by atoms with van der Waals surface area (Å²) >= 11 is 0. The predicted octanol–water partition coefficient (Wildman–Crippen LogP) is 4.11. The van der Waals surface area contributed by atoms with Crippen molar-refractivity contribution in [3.05, 3.63) is 102 Å². The highest BCUT2D eigenvalue weighted by Gasteiger charge is 2.18. The van der Waals surface area contributed by atoms with Gasteiger partial charge in [0.2, 0.25) is 0 Å². The third kappa shape index (κ3) is 4.25. The predicted molar refractivity (Wildman–Crippen MR) is 113 cm³/mol. The number of aryl methyl sites for hydroxylation is 1. The summed E-state index contributed by atoms with van der Waals surface area (Å²) < 4.78 is 16.9. The van der Waals surface area contributed by atoms with Crippen LogP contribution in [0.4, 0.5) is 9.18 Å².